The normalized spacial score (nSPS) is 27.6. The zero-order valence-electron chi connectivity index (χ0n) is 25.9. The number of nitrogen functional groups attached to an aromatic ring is 1. The molecule has 266 valence electrons. The monoisotopic (exact) mass is 727 g/mol. The lowest BCUT2D eigenvalue weighted by atomic mass is 9.87. The van der Waals surface area contributed by atoms with Crippen molar-refractivity contribution >= 4 is 40.4 Å². The standard InChI is InChI=1S/C26H44N5O13P3/c27-24-21-25(29-16-28-24)31(17-30-21)26-23(40-14-12-19-9-5-2-6-10-19)22(39-13-11-18-7-3-1-4-8-18)20(42-26)15-41-46(35,36)44-47(37,38)43-45(32,33)34/h16-20,22-23,26H,1-15H2,(H,35,36)(H,37,38)(H2,27,28,29)(H2,32,33,34)/t20-,22-,23-,26-/m1/s1. The van der Waals surface area contributed by atoms with Crippen molar-refractivity contribution in [3.8, 4) is 0 Å². The predicted molar refractivity (Wildman–Crippen MR) is 165 cm³/mol. The molecule has 2 aliphatic carbocycles. The van der Waals surface area contributed by atoms with Gasteiger partial charge in [0.05, 0.1) is 12.9 Å². The summed E-state index contributed by atoms with van der Waals surface area (Å²) in [6.45, 7) is 0.0456. The molecule has 0 aromatic carbocycles. The number of phosphoric acid groups is 3. The average Bonchev–Trinajstić information content (AvgIpc) is 3.57. The minimum atomic E-state index is -5.71. The Labute approximate surface area is 272 Å². The molecule has 0 bridgehead atoms. The van der Waals surface area contributed by atoms with E-state index in [1.165, 1.54) is 38.3 Å². The third-order valence-corrected chi connectivity index (χ3v) is 12.7. The van der Waals surface area contributed by atoms with Gasteiger partial charge in [-0.15, -0.1) is 0 Å². The van der Waals surface area contributed by atoms with Gasteiger partial charge >= 0.3 is 23.5 Å². The average molecular weight is 728 g/mol. The van der Waals surface area contributed by atoms with Crippen molar-refractivity contribution in [2.75, 3.05) is 25.6 Å². The molecule has 47 heavy (non-hydrogen) atoms. The van der Waals surface area contributed by atoms with Crippen molar-refractivity contribution in [1.29, 1.82) is 0 Å². The molecule has 2 aromatic rings. The maximum atomic E-state index is 12.6. The third-order valence-electron chi connectivity index (χ3n) is 8.89. The summed E-state index contributed by atoms with van der Waals surface area (Å²) in [7, 11) is -16.7. The van der Waals surface area contributed by atoms with Crippen molar-refractivity contribution in [1.82, 2.24) is 19.5 Å². The molecule has 18 nitrogen and oxygen atoms in total. The molecular weight excluding hydrogens is 683 g/mol. The summed E-state index contributed by atoms with van der Waals surface area (Å²) in [5, 5.41) is 0. The van der Waals surface area contributed by atoms with E-state index >= 15 is 0 Å². The first-order valence-corrected chi connectivity index (χ1v) is 20.4. The van der Waals surface area contributed by atoms with Crippen LogP contribution in [0.4, 0.5) is 5.82 Å². The molecular formula is C26H44N5O13P3. The predicted octanol–water partition coefficient (Wildman–Crippen LogP) is 4.36. The van der Waals surface area contributed by atoms with Gasteiger partial charge in [-0.25, -0.2) is 28.6 Å². The highest BCUT2D eigenvalue weighted by Crippen LogP contribution is 2.66. The molecule has 0 spiro atoms. The number of nitrogens with zero attached hydrogens (tertiary/aromatic N) is 4. The van der Waals surface area contributed by atoms with Crippen LogP contribution >= 0.6 is 23.5 Å². The highest BCUT2D eigenvalue weighted by molar-refractivity contribution is 7.66. The lowest BCUT2D eigenvalue weighted by Crippen LogP contribution is -2.39. The molecule has 3 aliphatic rings. The molecule has 3 heterocycles. The number of rotatable bonds is 16. The SMILES string of the molecule is Nc1ncnc2c1ncn2[C@@H]1O[C@H](COP(=O)(O)OP(=O)(O)OP(=O)(O)O)[C@@H](OCCC2CCCCC2)[C@H]1OCCC1CCCCC1. The quantitative estimate of drug-likeness (QED) is 0.150. The summed E-state index contributed by atoms with van der Waals surface area (Å²) in [5.74, 6) is 1.18. The Morgan fingerprint density at radius 1 is 0.809 bits per heavy atom. The molecule has 2 aromatic heterocycles. The van der Waals surface area contributed by atoms with Crippen molar-refractivity contribution in [2.45, 2.75) is 102 Å². The fraction of sp³-hybridized carbons (Fsp3) is 0.808. The van der Waals surface area contributed by atoms with Gasteiger partial charge in [-0.2, -0.15) is 8.62 Å². The van der Waals surface area contributed by atoms with Gasteiger partial charge in [0.15, 0.2) is 17.7 Å². The minimum absolute atomic E-state index is 0.158. The van der Waals surface area contributed by atoms with Gasteiger partial charge in [0.1, 0.15) is 30.2 Å². The number of hydrogen-bond donors (Lipinski definition) is 5. The first kappa shape index (κ1) is 36.9. The minimum Gasteiger partial charge on any atom is -0.382 e. The second-order valence-corrected chi connectivity index (χ2v) is 16.7. The Bertz CT molecular complexity index is 1470. The first-order chi connectivity index (χ1) is 22.3. The van der Waals surface area contributed by atoms with Crippen LogP contribution in [0, 0.1) is 11.8 Å². The van der Waals surface area contributed by atoms with E-state index in [0.717, 1.165) is 51.4 Å². The topological polar surface area (TPSA) is 257 Å². The van der Waals surface area contributed by atoms with Crippen LogP contribution in [0.25, 0.3) is 11.2 Å². The molecule has 0 radical (unpaired) electrons. The van der Waals surface area contributed by atoms with Gasteiger partial charge in [0, 0.05) is 13.2 Å². The summed E-state index contributed by atoms with van der Waals surface area (Å²) in [5.41, 5.74) is 6.72. The van der Waals surface area contributed by atoms with Gasteiger partial charge in [-0.1, -0.05) is 64.2 Å². The second kappa shape index (κ2) is 16.1. The van der Waals surface area contributed by atoms with Crippen LogP contribution in [0.5, 0.6) is 0 Å². The maximum Gasteiger partial charge on any atom is 0.490 e. The number of ether oxygens (including phenoxy) is 3. The summed E-state index contributed by atoms with van der Waals surface area (Å²) in [6, 6.07) is 0. The Morgan fingerprint density at radius 2 is 1.40 bits per heavy atom. The molecule has 21 heteroatoms. The van der Waals surface area contributed by atoms with E-state index in [4.69, 9.17) is 34.3 Å². The number of nitrogens with two attached hydrogens (primary N) is 1. The number of anilines is 1. The van der Waals surface area contributed by atoms with Crippen LogP contribution in [0.2, 0.25) is 0 Å². The van der Waals surface area contributed by atoms with E-state index < -0.39 is 54.6 Å². The summed E-state index contributed by atoms with van der Waals surface area (Å²) >= 11 is 0. The fourth-order valence-corrected chi connectivity index (χ4v) is 9.70. The van der Waals surface area contributed by atoms with E-state index in [9.17, 15) is 23.5 Å². The smallest absolute Gasteiger partial charge is 0.382 e. The summed E-state index contributed by atoms with van der Waals surface area (Å²) in [6.07, 6.45) is 12.3. The summed E-state index contributed by atoms with van der Waals surface area (Å²) in [4.78, 5) is 50.1. The number of aromatic nitrogens is 4. The third kappa shape index (κ3) is 10.6. The van der Waals surface area contributed by atoms with Crippen LogP contribution in [0.15, 0.2) is 12.7 Å². The zero-order chi connectivity index (χ0) is 33.7. The van der Waals surface area contributed by atoms with Crippen LogP contribution in [-0.2, 0) is 41.1 Å². The fourth-order valence-electron chi connectivity index (χ4n) is 6.67. The molecule has 2 saturated carbocycles. The number of imidazole rings is 1. The van der Waals surface area contributed by atoms with Crippen LogP contribution in [0.3, 0.4) is 0 Å². The molecule has 5 rings (SSSR count). The van der Waals surface area contributed by atoms with Gasteiger partial charge in [0.2, 0.25) is 0 Å². The lowest BCUT2D eigenvalue weighted by molar-refractivity contribution is -0.0838. The van der Waals surface area contributed by atoms with Crippen molar-refractivity contribution in [2.24, 2.45) is 11.8 Å². The zero-order valence-corrected chi connectivity index (χ0v) is 28.6. The Morgan fingerprint density at radius 3 is 2.00 bits per heavy atom. The maximum absolute atomic E-state index is 12.6. The lowest BCUT2D eigenvalue weighted by Gasteiger charge is -2.28. The van der Waals surface area contributed by atoms with E-state index in [-0.39, 0.29) is 5.82 Å². The van der Waals surface area contributed by atoms with E-state index in [2.05, 4.69) is 23.6 Å². The van der Waals surface area contributed by atoms with Crippen molar-refractivity contribution < 1.29 is 60.6 Å². The van der Waals surface area contributed by atoms with E-state index in [1.54, 1.807) is 4.57 Å². The molecule has 2 unspecified atom stereocenters. The van der Waals surface area contributed by atoms with Crippen LogP contribution in [-0.4, -0.2) is 77.2 Å². The molecule has 1 aliphatic heterocycles. The highest BCUT2D eigenvalue weighted by Gasteiger charge is 2.49. The van der Waals surface area contributed by atoms with Gasteiger partial charge in [-0.3, -0.25) is 9.09 Å². The highest BCUT2D eigenvalue weighted by atomic mass is 31.3. The number of hydrogen-bond acceptors (Lipinski definition) is 13. The first-order valence-electron chi connectivity index (χ1n) is 15.9. The molecule has 3 fully saturated rings. The second-order valence-electron chi connectivity index (χ2n) is 12.3. The van der Waals surface area contributed by atoms with Crippen LogP contribution < -0.4 is 5.73 Å². The van der Waals surface area contributed by atoms with Crippen molar-refractivity contribution in [3.63, 3.8) is 0 Å². The largest absolute Gasteiger partial charge is 0.490 e. The van der Waals surface area contributed by atoms with Crippen LogP contribution in [0.1, 0.15) is 83.3 Å². The summed E-state index contributed by atoms with van der Waals surface area (Å²) < 4.78 is 69.2. The Kier molecular flexibility index (Phi) is 12.7. The van der Waals surface area contributed by atoms with Gasteiger partial charge in [-0.05, 0) is 24.7 Å². The molecule has 1 saturated heterocycles. The molecule has 0 amide bonds. The molecule has 6 N–H and O–H groups in total. The van der Waals surface area contributed by atoms with Gasteiger partial charge < -0.3 is 39.5 Å². The number of phosphoric ester groups is 1. The Hall–Kier alpha value is -1.36. The van der Waals surface area contributed by atoms with E-state index in [1.807, 2.05) is 0 Å². The number of fused-ring (bicyclic) bond motifs is 1. The van der Waals surface area contributed by atoms with E-state index in [0.29, 0.717) is 36.2 Å². The van der Waals surface area contributed by atoms with Crippen molar-refractivity contribution in [3.05, 3.63) is 12.7 Å². The van der Waals surface area contributed by atoms with Gasteiger partial charge in [0.25, 0.3) is 0 Å². The molecule has 6 atom stereocenters. The Balaban J connectivity index is 1.37.